The maximum Gasteiger partial charge on any atom is 0.268 e. The number of carbonyl (C=O) groups is 2. The third-order valence-corrected chi connectivity index (χ3v) is 7.87. The molecule has 5 rings (SSSR count). The van der Waals surface area contributed by atoms with E-state index in [-0.39, 0.29) is 23.3 Å². The summed E-state index contributed by atoms with van der Waals surface area (Å²) >= 11 is 4.81. The van der Waals surface area contributed by atoms with Gasteiger partial charge in [-0.3, -0.25) is 14.9 Å². The number of hydrogen-bond donors (Lipinski definition) is 1. The van der Waals surface area contributed by atoms with Gasteiger partial charge in [0, 0.05) is 19.1 Å². The number of thiophene rings is 1. The number of carbonyl (C=O) groups excluding carboxylic acids is 2. The van der Waals surface area contributed by atoms with Crippen LogP contribution in [0.2, 0.25) is 0 Å². The zero-order chi connectivity index (χ0) is 20.9. The van der Waals surface area contributed by atoms with Crippen molar-refractivity contribution in [1.29, 1.82) is 0 Å². The fraction of sp³-hybridized carbons (Fsp3) is 0.318. The molecule has 1 saturated carbocycles. The third kappa shape index (κ3) is 3.28. The maximum atomic E-state index is 12.8. The Morgan fingerprint density at radius 1 is 1.27 bits per heavy atom. The molecule has 1 aliphatic heterocycles. The Morgan fingerprint density at radius 2 is 2.07 bits per heavy atom. The number of aromatic nitrogens is 2. The third-order valence-electron chi connectivity index (χ3n) is 6.25. The lowest BCUT2D eigenvalue weighted by molar-refractivity contribution is -0.125. The summed E-state index contributed by atoms with van der Waals surface area (Å²) in [6.45, 7) is 5.18. The second-order valence-corrected chi connectivity index (χ2v) is 10.6. The van der Waals surface area contributed by atoms with E-state index in [0.717, 1.165) is 47.2 Å². The number of amides is 2. The van der Waals surface area contributed by atoms with Crippen molar-refractivity contribution < 1.29 is 9.59 Å². The average Bonchev–Trinajstić information content (AvgIpc) is 3.42. The molecule has 0 bridgehead atoms. The fourth-order valence-electron chi connectivity index (χ4n) is 4.81. The van der Waals surface area contributed by atoms with E-state index < -0.39 is 0 Å². The van der Waals surface area contributed by atoms with Crippen LogP contribution in [-0.4, -0.2) is 39.4 Å². The number of para-hydroxylation sites is 2. The largest absolute Gasteiger partial charge is 0.339 e. The van der Waals surface area contributed by atoms with Crippen LogP contribution in [0.15, 0.2) is 52.8 Å². The first-order valence-electron chi connectivity index (χ1n) is 9.93. The van der Waals surface area contributed by atoms with Crippen molar-refractivity contribution in [2.75, 3.05) is 18.4 Å². The summed E-state index contributed by atoms with van der Waals surface area (Å²) in [5.74, 6) is 0.445. The Labute approximate surface area is 186 Å². The molecule has 2 aromatic heterocycles. The van der Waals surface area contributed by atoms with Gasteiger partial charge in [-0.15, -0.1) is 11.3 Å². The SMILES string of the molecule is C=CC(=O)N1CC[C@]2(C1)C[C@H](n1c(NC(=O)c3ccc(Br)s3)nc3ccccc31)C2. The van der Waals surface area contributed by atoms with Crippen LogP contribution in [0.25, 0.3) is 11.0 Å². The number of fused-ring (bicyclic) bond motifs is 1. The highest BCUT2D eigenvalue weighted by Crippen LogP contribution is 2.55. The lowest BCUT2D eigenvalue weighted by atomic mass is 9.65. The van der Waals surface area contributed by atoms with Crippen molar-refractivity contribution in [3.63, 3.8) is 0 Å². The zero-order valence-corrected chi connectivity index (χ0v) is 18.7. The lowest BCUT2D eigenvalue weighted by Gasteiger charge is -2.46. The predicted molar refractivity (Wildman–Crippen MR) is 122 cm³/mol. The van der Waals surface area contributed by atoms with Gasteiger partial charge in [0.15, 0.2) is 0 Å². The number of hydrogen-bond acceptors (Lipinski definition) is 4. The molecule has 3 heterocycles. The first-order chi connectivity index (χ1) is 14.5. The Balaban J connectivity index is 1.41. The first-order valence-corrected chi connectivity index (χ1v) is 11.5. The van der Waals surface area contributed by atoms with Gasteiger partial charge in [-0.05, 0) is 70.9 Å². The van der Waals surface area contributed by atoms with Crippen molar-refractivity contribution in [2.24, 2.45) is 5.41 Å². The van der Waals surface area contributed by atoms with E-state index in [1.165, 1.54) is 17.4 Å². The van der Waals surface area contributed by atoms with Crippen LogP contribution < -0.4 is 5.32 Å². The Kier molecular flexibility index (Phi) is 4.78. The summed E-state index contributed by atoms with van der Waals surface area (Å²) < 4.78 is 3.08. The molecule has 2 aliphatic rings. The topological polar surface area (TPSA) is 67.2 Å². The van der Waals surface area contributed by atoms with Crippen LogP contribution in [0, 0.1) is 5.41 Å². The highest BCUT2D eigenvalue weighted by Gasteiger charge is 2.50. The van der Waals surface area contributed by atoms with Crippen molar-refractivity contribution in [2.45, 2.75) is 25.3 Å². The normalized spacial score (nSPS) is 23.0. The van der Waals surface area contributed by atoms with Gasteiger partial charge in [0.2, 0.25) is 11.9 Å². The van der Waals surface area contributed by atoms with Gasteiger partial charge in [0.05, 0.1) is 19.7 Å². The summed E-state index contributed by atoms with van der Waals surface area (Å²) in [7, 11) is 0. The molecule has 0 atom stereocenters. The van der Waals surface area contributed by atoms with Gasteiger partial charge in [-0.2, -0.15) is 0 Å². The maximum absolute atomic E-state index is 12.8. The molecule has 2 amide bonds. The molecule has 8 heteroatoms. The molecule has 0 unspecified atom stereocenters. The van der Waals surface area contributed by atoms with Crippen molar-refractivity contribution in [3.05, 3.63) is 57.7 Å². The molecule has 1 aromatic carbocycles. The summed E-state index contributed by atoms with van der Waals surface area (Å²) in [6, 6.07) is 11.9. The molecule has 1 saturated heterocycles. The number of halogens is 1. The molecule has 1 spiro atoms. The van der Waals surface area contributed by atoms with E-state index in [9.17, 15) is 9.59 Å². The molecule has 1 N–H and O–H groups in total. The highest BCUT2D eigenvalue weighted by molar-refractivity contribution is 9.11. The van der Waals surface area contributed by atoms with Crippen LogP contribution in [0.5, 0.6) is 0 Å². The molecule has 154 valence electrons. The second-order valence-electron chi connectivity index (χ2n) is 8.13. The molecule has 30 heavy (non-hydrogen) atoms. The van der Waals surface area contributed by atoms with Crippen LogP contribution >= 0.6 is 27.3 Å². The quantitative estimate of drug-likeness (QED) is 0.538. The number of rotatable bonds is 4. The molecule has 1 aliphatic carbocycles. The van der Waals surface area contributed by atoms with Crippen LogP contribution in [0.3, 0.4) is 0 Å². The van der Waals surface area contributed by atoms with E-state index >= 15 is 0 Å². The monoisotopic (exact) mass is 484 g/mol. The van der Waals surface area contributed by atoms with Crippen molar-refractivity contribution >= 4 is 56.1 Å². The number of nitrogens with zero attached hydrogens (tertiary/aromatic N) is 3. The number of anilines is 1. The van der Waals surface area contributed by atoms with E-state index in [0.29, 0.717) is 10.8 Å². The number of nitrogens with one attached hydrogen (secondary N) is 1. The second kappa shape index (κ2) is 7.35. The van der Waals surface area contributed by atoms with Gasteiger partial charge < -0.3 is 9.47 Å². The Morgan fingerprint density at radius 3 is 2.80 bits per heavy atom. The summed E-state index contributed by atoms with van der Waals surface area (Å²) in [6.07, 6.45) is 4.36. The van der Waals surface area contributed by atoms with Gasteiger partial charge in [0.25, 0.3) is 5.91 Å². The minimum atomic E-state index is -0.153. The summed E-state index contributed by atoms with van der Waals surface area (Å²) in [4.78, 5) is 32.0. The van der Waals surface area contributed by atoms with Gasteiger partial charge in [-0.1, -0.05) is 18.7 Å². The minimum Gasteiger partial charge on any atom is -0.339 e. The molecular weight excluding hydrogens is 464 g/mol. The molecule has 2 fully saturated rings. The summed E-state index contributed by atoms with van der Waals surface area (Å²) in [5.41, 5.74) is 2.06. The Hall–Kier alpha value is -2.45. The zero-order valence-electron chi connectivity index (χ0n) is 16.3. The van der Waals surface area contributed by atoms with Gasteiger partial charge >= 0.3 is 0 Å². The first kappa shape index (κ1) is 19.5. The highest BCUT2D eigenvalue weighted by atomic mass is 79.9. The Bertz CT molecular complexity index is 1160. The van der Waals surface area contributed by atoms with E-state index in [2.05, 4.69) is 32.4 Å². The molecule has 6 nitrogen and oxygen atoms in total. The standard InChI is InChI=1S/C22H21BrN4O2S/c1-2-19(28)26-10-9-22(13-26)11-14(12-22)27-16-6-4-3-5-15(16)24-21(27)25-20(29)17-7-8-18(23)30-17/h2-8,14H,1,9-13H2,(H,24,25,29)/t14-,22-. The van der Waals surface area contributed by atoms with E-state index in [1.807, 2.05) is 35.2 Å². The van der Waals surface area contributed by atoms with Crippen LogP contribution in [-0.2, 0) is 4.79 Å². The van der Waals surface area contributed by atoms with Crippen LogP contribution in [0.1, 0.15) is 35.0 Å². The van der Waals surface area contributed by atoms with E-state index in [1.54, 1.807) is 6.07 Å². The van der Waals surface area contributed by atoms with Crippen LogP contribution in [0.4, 0.5) is 5.95 Å². The van der Waals surface area contributed by atoms with Gasteiger partial charge in [-0.25, -0.2) is 4.98 Å². The van der Waals surface area contributed by atoms with Crippen molar-refractivity contribution in [3.8, 4) is 0 Å². The predicted octanol–water partition coefficient (Wildman–Crippen LogP) is 4.85. The number of benzene rings is 1. The molecule has 3 aromatic rings. The lowest BCUT2D eigenvalue weighted by Crippen LogP contribution is -2.42. The van der Waals surface area contributed by atoms with E-state index in [4.69, 9.17) is 4.98 Å². The number of imidazole rings is 1. The average molecular weight is 485 g/mol. The number of likely N-dealkylation sites (tertiary alicyclic amines) is 1. The fourth-order valence-corrected chi connectivity index (χ4v) is 6.09. The molecule has 0 radical (unpaired) electrons. The minimum absolute atomic E-state index is 0.0125. The van der Waals surface area contributed by atoms with Crippen molar-refractivity contribution in [1.82, 2.24) is 14.5 Å². The van der Waals surface area contributed by atoms with Gasteiger partial charge in [0.1, 0.15) is 0 Å². The summed E-state index contributed by atoms with van der Waals surface area (Å²) in [5, 5.41) is 3.02. The molecular formula is C22H21BrN4O2S. The smallest absolute Gasteiger partial charge is 0.268 e.